The van der Waals surface area contributed by atoms with Crippen LogP contribution in [0.25, 0.3) is 10.8 Å². The predicted octanol–water partition coefficient (Wildman–Crippen LogP) is 4.56. The summed E-state index contributed by atoms with van der Waals surface area (Å²) in [4.78, 5) is 9.02. The van der Waals surface area contributed by atoms with Crippen LogP contribution in [-0.2, 0) is 17.5 Å². The molecule has 0 amide bonds. The van der Waals surface area contributed by atoms with Crippen molar-refractivity contribution in [3.8, 4) is 0 Å². The van der Waals surface area contributed by atoms with Gasteiger partial charge < -0.3 is 19.9 Å². The molecule has 186 valence electrons. The number of anilines is 2. The van der Waals surface area contributed by atoms with E-state index in [-0.39, 0.29) is 11.7 Å². The Bertz CT molecular complexity index is 1250. The second kappa shape index (κ2) is 8.91. The first-order valence-electron chi connectivity index (χ1n) is 11.7. The minimum Gasteiger partial charge on any atom is -0.374 e. The average molecular weight is 487 g/mol. The van der Waals surface area contributed by atoms with Gasteiger partial charge in [0.1, 0.15) is 5.82 Å². The molecule has 2 aromatic heterocycles. The van der Waals surface area contributed by atoms with Crippen molar-refractivity contribution in [3.05, 3.63) is 52.8 Å². The predicted molar refractivity (Wildman–Crippen MR) is 128 cm³/mol. The standard InChI is InChI=1S/C25H29F3N6O/c1-14-18(6-5-7-21(14)25(26,27)28)15(2)30-24-19-9-23(34-11-17-8-16(34)13-35-17)29-10-20(19)22(31-32-24)12-33(3)4/h5-7,9-10,15-17H,8,11-13H2,1-4H3,(H,30,32)/t15?,16-,17-/m1/s1. The van der Waals surface area contributed by atoms with Crippen LogP contribution in [0.15, 0.2) is 30.5 Å². The molecule has 1 N–H and O–H groups in total. The molecule has 0 spiro atoms. The highest BCUT2D eigenvalue weighted by atomic mass is 19.4. The highest BCUT2D eigenvalue weighted by molar-refractivity contribution is 5.94. The summed E-state index contributed by atoms with van der Waals surface area (Å²) < 4.78 is 46.1. The van der Waals surface area contributed by atoms with Crippen molar-refractivity contribution in [3.63, 3.8) is 0 Å². The summed E-state index contributed by atoms with van der Waals surface area (Å²) >= 11 is 0. The minimum atomic E-state index is -4.40. The molecule has 7 nitrogen and oxygen atoms in total. The number of morpholine rings is 1. The summed E-state index contributed by atoms with van der Waals surface area (Å²) in [5.41, 5.74) is 0.940. The Hall–Kier alpha value is -2.98. The fourth-order valence-electron chi connectivity index (χ4n) is 5.16. The molecular weight excluding hydrogens is 457 g/mol. The lowest BCUT2D eigenvalue weighted by Crippen LogP contribution is -2.37. The maximum absolute atomic E-state index is 13.5. The van der Waals surface area contributed by atoms with Gasteiger partial charge in [-0.15, -0.1) is 5.10 Å². The maximum atomic E-state index is 13.5. The fraction of sp³-hybridized carbons (Fsp3) is 0.480. The normalized spacial score (nSPS) is 20.7. The number of hydrogen-bond donors (Lipinski definition) is 1. The van der Waals surface area contributed by atoms with E-state index in [1.54, 1.807) is 6.07 Å². The van der Waals surface area contributed by atoms with Crippen molar-refractivity contribution >= 4 is 22.4 Å². The molecule has 0 aliphatic carbocycles. The van der Waals surface area contributed by atoms with Gasteiger partial charge in [-0.05, 0) is 57.6 Å². The third-order valence-electron chi connectivity index (χ3n) is 6.89. The number of aromatic nitrogens is 3. The van der Waals surface area contributed by atoms with E-state index in [2.05, 4.69) is 20.4 Å². The van der Waals surface area contributed by atoms with Gasteiger partial charge in [-0.1, -0.05) is 12.1 Å². The first-order valence-corrected chi connectivity index (χ1v) is 11.7. The molecule has 1 aromatic carbocycles. The summed E-state index contributed by atoms with van der Waals surface area (Å²) in [5, 5.41) is 13.9. The molecule has 2 aliphatic heterocycles. The Kier molecular flexibility index (Phi) is 6.04. The van der Waals surface area contributed by atoms with Crippen LogP contribution in [0.5, 0.6) is 0 Å². The van der Waals surface area contributed by atoms with Crippen molar-refractivity contribution in [1.29, 1.82) is 0 Å². The number of nitrogens with one attached hydrogen (secondary N) is 1. The van der Waals surface area contributed by atoms with Crippen molar-refractivity contribution in [1.82, 2.24) is 20.1 Å². The molecule has 0 saturated carbocycles. The second-order valence-electron chi connectivity index (χ2n) is 9.70. The second-order valence-corrected chi connectivity index (χ2v) is 9.70. The SMILES string of the molecule is Cc1c(C(C)Nc2nnc(CN(C)C)c3cnc(N4C[C@H]5C[C@@H]4CO5)cc23)cccc1C(F)(F)F. The number of halogens is 3. The third kappa shape index (κ3) is 4.52. The van der Waals surface area contributed by atoms with Gasteiger partial charge in [-0.25, -0.2) is 4.98 Å². The smallest absolute Gasteiger partial charge is 0.374 e. The van der Waals surface area contributed by atoms with E-state index in [0.29, 0.717) is 30.6 Å². The Morgan fingerprint density at radius 1 is 1.23 bits per heavy atom. The van der Waals surface area contributed by atoms with Crippen LogP contribution in [0.2, 0.25) is 0 Å². The van der Waals surface area contributed by atoms with Gasteiger partial charge in [-0.3, -0.25) is 0 Å². The van der Waals surface area contributed by atoms with Crippen molar-refractivity contribution < 1.29 is 17.9 Å². The minimum absolute atomic E-state index is 0.206. The van der Waals surface area contributed by atoms with E-state index in [1.165, 1.54) is 13.0 Å². The van der Waals surface area contributed by atoms with Gasteiger partial charge in [0, 0.05) is 30.1 Å². The van der Waals surface area contributed by atoms with Gasteiger partial charge in [0.2, 0.25) is 0 Å². The van der Waals surface area contributed by atoms with Crippen LogP contribution >= 0.6 is 0 Å². The number of benzene rings is 1. The van der Waals surface area contributed by atoms with E-state index < -0.39 is 17.8 Å². The first-order chi connectivity index (χ1) is 16.6. The fourth-order valence-corrected chi connectivity index (χ4v) is 5.16. The van der Waals surface area contributed by atoms with E-state index in [4.69, 9.17) is 9.72 Å². The summed E-state index contributed by atoms with van der Waals surface area (Å²) in [6, 6.07) is 6.18. The van der Waals surface area contributed by atoms with E-state index in [9.17, 15) is 13.2 Å². The maximum Gasteiger partial charge on any atom is 0.416 e. The lowest BCUT2D eigenvalue weighted by Gasteiger charge is -2.28. The molecule has 2 aliphatic rings. The van der Waals surface area contributed by atoms with Gasteiger partial charge in [0.25, 0.3) is 0 Å². The van der Waals surface area contributed by atoms with Crippen molar-refractivity contribution in [2.24, 2.45) is 0 Å². The Labute approximate surface area is 202 Å². The largest absolute Gasteiger partial charge is 0.416 e. The zero-order chi connectivity index (χ0) is 24.9. The summed E-state index contributed by atoms with van der Waals surface area (Å²) in [6.07, 6.45) is -1.34. The molecule has 1 unspecified atom stereocenters. The molecule has 10 heteroatoms. The Balaban J connectivity index is 1.53. The Morgan fingerprint density at radius 2 is 2.03 bits per heavy atom. The third-order valence-corrected chi connectivity index (χ3v) is 6.89. The summed E-state index contributed by atoms with van der Waals surface area (Å²) in [5.74, 6) is 1.37. The highest BCUT2D eigenvalue weighted by Crippen LogP contribution is 2.37. The number of pyridine rings is 1. The first kappa shape index (κ1) is 23.7. The van der Waals surface area contributed by atoms with Gasteiger partial charge in [0.05, 0.1) is 36.1 Å². The molecular formula is C25H29F3N6O. The summed E-state index contributed by atoms with van der Waals surface area (Å²) in [7, 11) is 3.92. The van der Waals surface area contributed by atoms with Crippen molar-refractivity contribution in [2.75, 3.05) is 37.5 Å². The lowest BCUT2D eigenvalue weighted by atomic mass is 9.97. The highest BCUT2D eigenvalue weighted by Gasteiger charge is 2.39. The average Bonchev–Trinajstić information content (AvgIpc) is 3.43. The van der Waals surface area contributed by atoms with Gasteiger partial charge in [0.15, 0.2) is 5.82 Å². The monoisotopic (exact) mass is 486 g/mol. The molecule has 2 saturated heterocycles. The summed E-state index contributed by atoms with van der Waals surface area (Å²) in [6.45, 7) is 5.43. The molecule has 5 rings (SSSR count). The van der Waals surface area contributed by atoms with Crippen LogP contribution in [0.3, 0.4) is 0 Å². The number of ether oxygens (including phenoxy) is 1. The molecule has 2 fully saturated rings. The molecule has 35 heavy (non-hydrogen) atoms. The van der Waals surface area contributed by atoms with Crippen LogP contribution in [0.4, 0.5) is 24.8 Å². The topological polar surface area (TPSA) is 66.4 Å². The molecule has 2 bridgehead atoms. The molecule has 4 heterocycles. The van der Waals surface area contributed by atoms with Crippen LogP contribution in [0.1, 0.15) is 41.8 Å². The van der Waals surface area contributed by atoms with Crippen LogP contribution in [-0.4, -0.2) is 59.5 Å². The van der Waals surface area contributed by atoms with E-state index in [1.807, 2.05) is 38.2 Å². The number of fused-ring (bicyclic) bond motifs is 3. The molecule has 3 aromatic rings. The lowest BCUT2D eigenvalue weighted by molar-refractivity contribution is -0.138. The quantitative estimate of drug-likeness (QED) is 0.548. The number of alkyl halides is 3. The van der Waals surface area contributed by atoms with Crippen LogP contribution in [0, 0.1) is 6.92 Å². The number of rotatable bonds is 6. The van der Waals surface area contributed by atoms with Gasteiger partial charge >= 0.3 is 6.18 Å². The number of hydrogen-bond acceptors (Lipinski definition) is 7. The van der Waals surface area contributed by atoms with E-state index >= 15 is 0 Å². The van der Waals surface area contributed by atoms with Gasteiger partial charge in [-0.2, -0.15) is 18.3 Å². The Morgan fingerprint density at radius 3 is 2.69 bits per heavy atom. The molecule has 0 radical (unpaired) electrons. The zero-order valence-corrected chi connectivity index (χ0v) is 20.2. The van der Waals surface area contributed by atoms with Crippen molar-refractivity contribution in [2.45, 2.75) is 51.2 Å². The van der Waals surface area contributed by atoms with E-state index in [0.717, 1.165) is 41.3 Å². The number of nitrogens with zero attached hydrogens (tertiary/aromatic N) is 5. The van der Waals surface area contributed by atoms with Crippen LogP contribution < -0.4 is 10.2 Å². The molecule has 3 atom stereocenters. The zero-order valence-electron chi connectivity index (χ0n) is 20.2.